The van der Waals surface area contributed by atoms with Gasteiger partial charge in [0.2, 0.25) is 0 Å². The standard InChI is InChI=1S/C13H16Cl2O2/c1-8(2)7-17-12-5-4-10(15)6-11(12)13(16)9(3)14/h4-6,8-9H,7H2,1-3H3. The quantitative estimate of drug-likeness (QED) is 0.595. The maximum absolute atomic E-state index is 11.9. The fourth-order valence-electron chi connectivity index (χ4n) is 1.29. The summed E-state index contributed by atoms with van der Waals surface area (Å²) in [6.07, 6.45) is 0. The average molecular weight is 275 g/mol. The molecule has 0 aliphatic carbocycles. The largest absolute Gasteiger partial charge is 0.493 e. The zero-order chi connectivity index (χ0) is 13.0. The van der Waals surface area contributed by atoms with Gasteiger partial charge in [-0.1, -0.05) is 25.4 Å². The molecule has 0 bridgehead atoms. The van der Waals surface area contributed by atoms with Crippen molar-refractivity contribution in [3.63, 3.8) is 0 Å². The summed E-state index contributed by atoms with van der Waals surface area (Å²) in [6, 6.07) is 5.00. The van der Waals surface area contributed by atoms with Gasteiger partial charge in [0.1, 0.15) is 5.75 Å². The number of benzene rings is 1. The highest BCUT2D eigenvalue weighted by molar-refractivity contribution is 6.35. The maximum Gasteiger partial charge on any atom is 0.184 e. The van der Waals surface area contributed by atoms with E-state index in [-0.39, 0.29) is 5.78 Å². The van der Waals surface area contributed by atoms with E-state index in [1.165, 1.54) is 0 Å². The molecule has 0 N–H and O–H groups in total. The van der Waals surface area contributed by atoms with E-state index in [0.29, 0.717) is 28.9 Å². The molecule has 17 heavy (non-hydrogen) atoms. The van der Waals surface area contributed by atoms with Crippen molar-refractivity contribution in [2.45, 2.75) is 26.1 Å². The number of carbonyl (C=O) groups is 1. The number of halogens is 2. The Labute approximate surface area is 112 Å². The summed E-state index contributed by atoms with van der Waals surface area (Å²) < 4.78 is 5.59. The van der Waals surface area contributed by atoms with E-state index in [1.54, 1.807) is 25.1 Å². The third-order valence-corrected chi connectivity index (χ3v) is 2.57. The van der Waals surface area contributed by atoms with Gasteiger partial charge in [-0.05, 0) is 31.0 Å². The zero-order valence-electron chi connectivity index (χ0n) is 10.2. The molecule has 4 heteroatoms. The molecule has 1 aromatic rings. The minimum atomic E-state index is -0.588. The van der Waals surface area contributed by atoms with E-state index in [4.69, 9.17) is 27.9 Å². The molecule has 1 unspecified atom stereocenters. The maximum atomic E-state index is 11.9. The van der Waals surface area contributed by atoms with Gasteiger partial charge in [-0.2, -0.15) is 0 Å². The second-order valence-corrected chi connectivity index (χ2v) is 5.42. The first-order chi connectivity index (χ1) is 7.91. The van der Waals surface area contributed by atoms with Crippen LogP contribution in [0.15, 0.2) is 18.2 Å². The Balaban J connectivity index is 2.99. The van der Waals surface area contributed by atoms with Crippen LogP contribution in [0.2, 0.25) is 5.02 Å². The van der Waals surface area contributed by atoms with Gasteiger partial charge in [0.25, 0.3) is 0 Å². The molecule has 0 radical (unpaired) electrons. The number of hydrogen-bond donors (Lipinski definition) is 0. The molecular formula is C13H16Cl2O2. The second-order valence-electron chi connectivity index (χ2n) is 4.33. The van der Waals surface area contributed by atoms with E-state index in [0.717, 1.165) is 0 Å². The molecule has 0 amide bonds. The van der Waals surface area contributed by atoms with Crippen molar-refractivity contribution in [1.82, 2.24) is 0 Å². The summed E-state index contributed by atoms with van der Waals surface area (Å²) in [7, 11) is 0. The predicted octanol–water partition coefficient (Wildman–Crippen LogP) is 4.18. The highest BCUT2D eigenvalue weighted by atomic mass is 35.5. The molecule has 1 rings (SSSR count). The Hall–Kier alpha value is -0.730. The summed E-state index contributed by atoms with van der Waals surface area (Å²) in [4.78, 5) is 11.9. The first-order valence-corrected chi connectivity index (χ1v) is 6.34. The smallest absolute Gasteiger partial charge is 0.184 e. The number of ether oxygens (including phenoxy) is 1. The highest BCUT2D eigenvalue weighted by Crippen LogP contribution is 2.25. The van der Waals surface area contributed by atoms with Crippen LogP contribution in [0.25, 0.3) is 0 Å². The van der Waals surface area contributed by atoms with Crippen molar-refractivity contribution in [2.75, 3.05) is 6.61 Å². The molecule has 0 fully saturated rings. The summed E-state index contributed by atoms with van der Waals surface area (Å²) in [5.74, 6) is 0.760. The van der Waals surface area contributed by atoms with Crippen LogP contribution >= 0.6 is 23.2 Å². The molecule has 0 aliphatic rings. The Morgan fingerprint density at radius 1 is 1.35 bits per heavy atom. The Bertz CT molecular complexity index is 400. The van der Waals surface area contributed by atoms with Gasteiger partial charge in [0, 0.05) is 5.02 Å². The zero-order valence-corrected chi connectivity index (χ0v) is 11.7. The molecule has 0 spiro atoms. The van der Waals surface area contributed by atoms with Gasteiger partial charge in [-0.25, -0.2) is 0 Å². The van der Waals surface area contributed by atoms with Gasteiger partial charge in [-0.3, -0.25) is 4.79 Å². The number of alkyl halides is 1. The number of hydrogen-bond acceptors (Lipinski definition) is 2. The summed E-state index contributed by atoms with van der Waals surface area (Å²) >= 11 is 11.7. The van der Waals surface area contributed by atoms with Crippen LogP contribution in [0, 0.1) is 5.92 Å². The van der Waals surface area contributed by atoms with Crippen molar-refractivity contribution in [3.8, 4) is 5.75 Å². The molecule has 2 nitrogen and oxygen atoms in total. The minimum Gasteiger partial charge on any atom is -0.493 e. The second kappa shape index (κ2) is 6.27. The van der Waals surface area contributed by atoms with Crippen LogP contribution in [0.1, 0.15) is 31.1 Å². The van der Waals surface area contributed by atoms with Gasteiger partial charge in [-0.15, -0.1) is 11.6 Å². The number of Topliss-reactive ketones (excluding diaryl/α,β-unsaturated/α-hetero) is 1. The van der Waals surface area contributed by atoms with E-state index >= 15 is 0 Å². The van der Waals surface area contributed by atoms with Crippen molar-refractivity contribution in [1.29, 1.82) is 0 Å². The van der Waals surface area contributed by atoms with Crippen LogP contribution < -0.4 is 4.74 Å². The van der Waals surface area contributed by atoms with E-state index in [9.17, 15) is 4.79 Å². The molecule has 0 heterocycles. The monoisotopic (exact) mass is 274 g/mol. The van der Waals surface area contributed by atoms with Gasteiger partial charge in [0.15, 0.2) is 5.78 Å². The molecule has 1 aromatic carbocycles. The summed E-state index contributed by atoms with van der Waals surface area (Å²) in [6.45, 7) is 6.28. The molecule has 0 aromatic heterocycles. The Morgan fingerprint density at radius 2 is 2.00 bits per heavy atom. The lowest BCUT2D eigenvalue weighted by molar-refractivity contribution is 0.0987. The molecule has 0 saturated carbocycles. The molecule has 0 aliphatic heterocycles. The van der Waals surface area contributed by atoms with Gasteiger partial charge < -0.3 is 4.74 Å². The molecular weight excluding hydrogens is 259 g/mol. The first kappa shape index (κ1) is 14.3. The number of ketones is 1. The van der Waals surface area contributed by atoms with Gasteiger partial charge >= 0.3 is 0 Å². The van der Waals surface area contributed by atoms with E-state index in [2.05, 4.69) is 0 Å². The first-order valence-electron chi connectivity index (χ1n) is 5.52. The third-order valence-electron chi connectivity index (χ3n) is 2.14. The van der Waals surface area contributed by atoms with E-state index in [1.807, 2.05) is 13.8 Å². The molecule has 1 atom stereocenters. The highest BCUT2D eigenvalue weighted by Gasteiger charge is 2.18. The minimum absolute atomic E-state index is 0.173. The van der Waals surface area contributed by atoms with Crippen LogP contribution in [-0.2, 0) is 0 Å². The van der Waals surface area contributed by atoms with Crippen LogP contribution in [0.3, 0.4) is 0 Å². The molecule has 0 saturated heterocycles. The third kappa shape index (κ3) is 4.21. The van der Waals surface area contributed by atoms with Crippen LogP contribution in [0.4, 0.5) is 0 Å². The fourth-order valence-corrected chi connectivity index (χ4v) is 1.58. The van der Waals surface area contributed by atoms with Crippen molar-refractivity contribution in [3.05, 3.63) is 28.8 Å². The molecule has 94 valence electrons. The lowest BCUT2D eigenvalue weighted by atomic mass is 10.1. The van der Waals surface area contributed by atoms with Crippen molar-refractivity contribution >= 4 is 29.0 Å². The lowest BCUT2D eigenvalue weighted by Crippen LogP contribution is -2.14. The predicted molar refractivity (Wildman–Crippen MR) is 71.4 cm³/mol. The van der Waals surface area contributed by atoms with Crippen molar-refractivity contribution in [2.24, 2.45) is 5.92 Å². The Kier molecular flexibility index (Phi) is 5.29. The fraction of sp³-hybridized carbons (Fsp3) is 0.462. The number of rotatable bonds is 5. The SMILES string of the molecule is CC(C)COc1ccc(Cl)cc1C(=O)C(C)Cl. The van der Waals surface area contributed by atoms with Gasteiger partial charge in [0.05, 0.1) is 17.5 Å². The van der Waals surface area contributed by atoms with Crippen LogP contribution in [0.5, 0.6) is 5.75 Å². The summed E-state index contributed by atoms with van der Waals surface area (Å²) in [5, 5.41) is -0.0857. The van der Waals surface area contributed by atoms with Crippen LogP contribution in [-0.4, -0.2) is 17.8 Å². The Morgan fingerprint density at radius 3 is 2.53 bits per heavy atom. The lowest BCUT2D eigenvalue weighted by Gasteiger charge is -2.13. The normalized spacial score (nSPS) is 12.6. The van der Waals surface area contributed by atoms with E-state index < -0.39 is 5.38 Å². The summed E-state index contributed by atoms with van der Waals surface area (Å²) in [5.41, 5.74) is 0.445. The topological polar surface area (TPSA) is 26.3 Å². The van der Waals surface area contributed by atoms with Crippen molar-refractivity contribution < 1.29 is 9.53 Å². The average Bonchev–Trinajstić information content (AvgIpc) is 2.26. The number of carbonyl (C=O) groups excluding carboxylic acids is 1.